The number of rotatable bonds is 6. The van der Waals surface area contributed by atoms with E-state index in [0.29, 0.717) is 15.4 Å². The van der Waals surface area contributed by atoms with E-state index in [2.05, 4.69) is 20.2 Å². The van der Waals surface area contributed by atoms with Crippen LogP contribution in [0.15, 0.2) is 51.7 Å². The Labute approximate surface area is 201 Å². The van der Waals surface area contributed by atoms with Crippen LogP contribution in [-0.4, -0.2) is 39.9 Å². The Morgan fingerprint density at radius 2 is 1.91 bits per heavy atom. The molecule has 0 amide bonds. The van der Waals surface area contributed by atoms with E-state index in [1.165, 1.54) is 11.3 Å². The highest BCUT2D eigenvalue weighted by Crippen LogP contribution is 2.37. The molecule has 12 heteroatoms. The van der Waals surface area contributed by atoms with Gasteiger partial charge in [-0.15, -0.1) is 21.5 Å². The summed E-state index contributed by atoms with van der Waals surface area (Å²) < 4.78 is 32.0. The fourth-order valence-electron chi connectivity index (χ4n) is 3.66. The van der Waals surface area contributed by atoms with Crippen LogP contribution >= 0.6 is 22.7 Å². The van der Waals surface area contributed by atoms with Gasteiger partial charge < -0.3 is 9.52 Å². The van der Waals surface area contributed by atoms with Crippen molar-refractivity contribution in [3.8, 4) is 17.0 Å². The largest absolute Gasteiger partial charge is 0.494 e. The summed E-state index contributed by atoms with van der Waals surface area (Å²) in [5, 5.41) is 16.7. The first kappa shape index (κ1) is 22.4. The zero-order valence-electron chi connectivity index (χ0n) is 18.0. The zero-order valence-corrected chi connectivity index (χ0v) is 20.4. The second-order valence-electron chi connectivity index (χ2n) is 7.76. The van der Waals surface area contributed by atoms with Crippen LogP contribution in [0.25, 0.3) is 21.3 Å². The molecule has 1 atom stereocenters. The number of fused-ring (bicyclic) bond motifs is 1. The predicted octanol–water partition coefficient (Wildman–Crippen LogP) is 3.83. The highest BCUT2D eigenvalue weighted by atomic mass is 32.2. The van der Waals surface area contributed by atoms with Crippen molar-refractivity contribution < 1.29 is 17.9 Å². The van der Waals surface area contributed by atoms with Crippen LogP contribution in [0.4, 0.5) is 0 Å². The van der Waals surface area contributed by atoms with E-state index >= 15 is 0 Å². The monoisotopic (exact) mass is 514 g/mol. The van der Waals surface area contributed by atoms with Gasteiger partial charge in [0.15, 0.2) is 15.1 Å². The number of nitrogens with one attached hydrogen (secondary N) is 1. The molecule has 5 rings (SSSR count). The maximum absolute atomic E-state index is 12.7. The molecule has 0 fully saturated rings. The molecule has 174 valence electrons. The highest BCUT2D eigenvalue weighted by molar-refractivity contribution is 7.91. The Balaban J connectivity index is 1.54. The van der Waals surface area contributed by atoms with E-state index in [1.807, 2.05) is 49.4 Å². The average molecular weight is 515 g/mol. The molecule has 0 saturated carbocycles. The van der Waals surface area contributed by atoms with Gasteiger partial charge in [0.05, 0.1) is 21.5 Å². The number of sulfone groups is 1. The van der Waals surface area contributed by atoms with Gasteiger partial charge in [-0.25, -0.2) is 13.4 Å². The summed E-state index contributed by atoms with van der Waals surface area (Å²) in [4.78, 5) is 18.2. The van der Waals surface area contributed by atoms with Gasteiger partial charge in [0, 0.05) is 6.26 Å². The molecule has 34 heavy (non-hydrogen) atoms. The molecule has 0 aliphatic rings. The molecule has 2 N–H and O–H groups in total. The molecular formula is C22H18N4O5S3. The molecule has 9 nitrogen and oxygen atoms in total. The lowest BCUT2D eigenvalue weighted by Gasteiger charge is -2.07. The van der Waals surface area contributed by atoms with Gasteiger partial charge in [-0.2, -0.15) is 0 Å². The minimum atomic E-state index is -3.71. The van der Waals surface area contributed by atoms with Crippen molar-refractivity contribution in [2.75, 3.05) is 6.26 Å². The first-order valence-electron chi connectivity index (χ1n) is 10.1. The van der Waals surface area contributed by atoms with Crippen LogP contribution in [0.1, 0.15) is 32.5 Å². The number of benzene rings is 2. The van der Waals surface area contributed by atoms with Crippen LogP contribution in [0.5, 0.6) is 5.88 Å². The van der Waals surface area contributed by atoms with Crippen molar-refractivity contribution in [2.45, 2.75) is 18.6 Å². The van der Waals surface area contributed by atoms with Gasteiger partial charge in [0.1, 0.15) is 5.01 Å². The van der Waals surface area contributed by atoms with Crippen molar-refractivity contribution in [2.24, 2.45) is 0 Å². The SMILES string of the molecule is Cc1cc2nc(C(c3nnc(Cc4sc(=O)[nH]c4O)o3)S(C)(=O)=O)sc2cc1-c1ccccc1. The fraction of sp³-hybridized carbons (Fsp3) is 0.182. The topological polar surface area (TPSA) is 139 Å². The van der Waals surface area contributed by atoms with Gasteiger partial charge >= 0.3 is 4.87 Å². The molecule has 5 aromatic rings. The third-order valence-electron chi connectivity index (χ3n) is 5.21. The molecule has 0 saturated heterocycles. The molecule has 1 unspecified atom stereocenters. The summed E-state index contributed by atoms with van der Waals surface area (Å²) in [6.45, 7) is 1.99. The first-order chi connectivity index (χ1) is 16.2. The van der Waals surface area contributed by atoms with Crippen LogP contribution in [0, 0.1) is 6.92 Å². The smallest absolute Gasteiger partial charge is 0.307 e. The Hall–Kier alpha value is -3.35. The van der Waals surface area contributed by atoms with Crippen LogP contribution in [0.2, 0.25) is 0 Å². The second-order valence-corrected chi connectivity index (χ2v) is 12.0. The molecule has 0 radical (unpaired) electrons. The predicted molar refractivity (Wildman–Crippen MR) is 130 cm³/mol. The molecule has 0 spiro atoms. The highest BCUT2D eigenvalue weighted by Gasteiger charge is 2.34. The van der Waals surface area contributed by atoms with Gasteiger partial charge in [-0.3, -0.25) is 9.78 Å². The molecule has 0 aliphatic heterocycles. The van der Waals surface area contributed by atoms with Crippen molar-refractivity contribution in [3.05, 3.63) is 79.4 Å². The van der Waals surface area contributed by atoms with Crippen molar-refractivity contribution in [1.82, 2.24) is 20.2 Å². The van der Waals surface area contributed by atoms with Crippen LogP contribution < -0.4 is 4.87 Å². The van der Waals surface area contributed by atoms with Gasteiger partial charge in [0.2, 0.25) is 17.7 Å². The first-order valence-corrected chi connectivity index (χ1v) is 13.7. The number of thiazole rings is 2. The van der Waals surface area contributed by atoms with E-state index in [-0.39, 0.29) is 24.1 Å². The summed E-state index contributed by atoms with van der Waals surface area (Å²) in [6.07, 6.45) is 1.09. The number of aromatic hydroxyl groups is 1. The normalized spacial score (nSPS) is 12.9. The Morgan fingerprint density at radius 1 is 1.15 bits per heavy atom. The molecule has 0 aliphatic carbocycles. The number of aromatic nitrogens is 4. The zero-order chi connectivity index (χ0) is 24.0. The van der Waals surface area contributed by atoms with Crippen molar-refractivity contribution in [1.29, 1.82) is 0 Å². The summed E-state index contributed by atoms with van der Waals surface area (Å²) >= 11 is 2.08. The van der Waals surface area contributed by atoms with E-state index in [1.54, 1.807) is 0 Å². The number of aryl methyl sites for hydroxylation is 1. The maximum atomic E-state index is 12.7. The number of nitrogens with zero attached hydrogens (tertiary/aromatic N) is 3. The summed E-state index contributed by atoms with van der Waals surface area (Å²) in [7, 11) is -3.71. The maximum Gasteiger partial charge on any atom is 0.307 e. The fourth-order valence-corrected chi connectivity index (χ4v) is 6.89. The van der Waals surface area contributed by atoms with E-state index in [9.17, 15) is 18.3 Å². The third kappa shape index (κ3) is 4.27. The number of hydrogen-bond acceptors (Lipinski definition) is 10. The van der Waals surface area contributed by atoms with Crippen molar-refractivity contribution >= 4 is 42.7 Å². The third-order valence-corrected chi connectivity index (χ3v) is 8.59. The molecule has 3 aromatic heterocycles. The van der Waals surface area contributed by atoms with Gasteiger partial charge in [0.25, 0.3) is 0 Å². The summed E-state index contributed by atoms with van der Waals surface area (Å²) in [6, 6.07) is 13.9. The number of H-pyrrole nitrogens is 1. The van der Waals surface area contributed by atoms with Crippen molar-refractivity contribution in [3.63, 3.8) is 0 Å². The lowest BCUT2D eigenvalue weighted by atomic mass is 10.0. The lowest BCUT2D eigenvalue weighted by molar-refractivity contribution is 0.438. The standard InChI is InChI=1S/C22H18N4O5S3/c1-11-8-14-15(9-13(11)12-6-4-3-5-7-12)32-21(23-14)18(34(2,29)30)20-26-25-17(31-20)10-16-19(27)24-22(28)33-16/h3-9,18,27H,10H2,1-2H3,(H,24,28). The van der Waals surface area contributed by atoms with E-state index < -0.39 is 20.0 Å². The van der Waals surface area contributed by atoms with Crippen LogP contribution in [-0.2, 0) is 16.3 Å². The Kier molecular flexibility index (Phi) is 5.58. The van der Waals surface area contributed by atoms with Crippen LogP contribution in [0.3, 0.4) is 0 Å². The Bertz CT molecular complexity index is 1670. The summed E-state index contributed by atoms with van der Waals surface area (Å²) in [5.74, 6) is -0.304. The molecule has 2 aromatic carbocycles. The molecular weight excluding hydrogens is 496 g/mol. The lowest BCUT2D eigenvalue weighted by Crippen LogP contribution is -2.13. The molecule has 3 heterocycles. The molecule has 0 bridgehead atoms. The minimum absolute atomic E-state index is 0.00179. The summed E-state index contributed by atoms with van der Waals surface area (Å²) in [5.41, 5.74) is 3.82. The average Bonchev–Trinajstić information content (AvgIpc) is 3.46. The number of aromatic amines is 1. The minimum Gasteiger partial charge on any atom is -0.494 e. The number of hydrogen-bond donors (Lipinski definition) is 2. The van der Waals surface area contributed by atoms with Gasteiger partial charge in [-0.05, 0) is 35.7 Å². The Morgan fingerprint density at radius 3 is 2.59 bits per heavy atom. The quantitative estimate of drug-likeness (QED) is 0.348. The van der Waals surface area contributed by atoms with E-state index in [4.69, 9.17) is 4.42 Å². The second kappa shape index (κ2) is 8.46. The van der Waals surface area contributed by atoms with E-state index in [0.717, 1.165) is 39.0 Å². The van der Waals surface area contributed by atoms with Gasteiger partial charge in [-0.1, -0.05) is 41.7 Å².